The molecule has 8 heteroatoms. The lowest BCUT2D eigenvalue weighted by Crippen LogP contribution is -2.30. The van der Waals surface area contributed by atoms with Crippen molar-refractivity contribution in [3.63, 3.8) is 0 Å². The molecule has 1 amide bonds. The molecule has 1 aromatic carbocycles. The van der Waals surface area contributed by atoms with Crippen molar-refractivity contribution >= 4 is 33.1 Å². The first kappa shape index (κ1) is 17.8. The first-order valence-electron chi connectivity index (χ1n) is 8.70. The Labute approximate surface area is 157 Å². The molecule has 0 saturated carbocycles. The number of hydrogen-bond donors (Lipinski definition) is 1. The summed E-state index contributed by atoms with van der Waals surface area (Å²) in [5.41, 5.74) is 0.679. The minimum atomic E-state index is -0.868. The molecule has 1 aliphatic carbocycles. The summed E-state index contributed by atoms with van der Waals surface area (Å²) in [4.78, 5) is 31.8. The number of halogens is 2. The molecule has 4 rings (SSSR count). The molecule has 140 valence electrons. The van der Waals surface area contributed by atoms with Gasteiger partial charge in [-0.05, 0) is 50.3 Å². The van der Waals surface area contributed by atoms with Gasteiger partial charge in [-0.3, -0.25) is 14.2 Å². The smallest absolute Gasteiger partial charge is 0.263 e. The minimum Gasteiger partial charge on any atom is -0.322 e. The van der Waals surface area contributed by atoms with Gasteiger partial charge in [-0.15, -0.1) is 11.3 Å². The largest absolute Gasteiger partial charge is 0.322 e. The van der Waals surface area contributed by atoms with Crippen LogP contribution in [0.4, 0.5) is 14.5 Å². The summed E-state index contributed by atoms with van der Waals surface area (Å²) < 4.78 is 28.0. The van der Waals surface area contributed by atoms with Crippen LogP contribution in [0.15, 0.2) is 23.0 Å². The van der Waals surface area contributed by atoms with Crippen LogP contribution in [-0.2, 0) is 24.2 Å². The van der Waals surface area contributed by atoms with E-state index in [1.165, 1.54) is 9.44 Å². The van der Waals surface area contributed by atoms with Gasteiger partial charge in [-0.2, -0.15) is 0 Å². The van der Waals surface area contributed by atoms with Crippen molar-refractivity contribution in [2.75, 3.05) is 5.32 Å². The lowest BCUT2D eigenvalue weighted by atomic mass is 9.97. The Morgan fingerprint density at radius 1 is 1.30 bits per heavy atom. The van der Waals surface area contributed by atoms with Gasteiger partial charge in [0.25, 0.3) is 5.56 Å². The van der Waals surface area contributed by atoms with E-state index in [9.17, 15) is 18.4 Å². The Morgan fingerprint density at radius 3 is 2.85 bits per heavy atom. The van der Waals surface area contributed by atoms with Crippen molar-refractivity contribution in [1.29, 1.82) is 0 Å². The Balaban J connectivity index is 1.67. The molecule has 0 fully saturated rings. The molecule has 0 atom stereocenters. The fourth-order valence-corrected chi connectivity index (χ4v) is 4.75. The molecule has 5 nitrogen and oxygen atoms in total. The number of rotatable bonds is 3. The van der Waals surface area contributed by atoms with Crippen molar-refractivity contribution in [1.82, 2.24) is 9.55 Å². The van der Waals surface area contributed by atoms with Gasteiger partial charge in [0.2, 0.25) is 5.91 Å². The fourth-order valence-electron chi connectivity index (χ4n) is 3.45. The molecule has 0 spiro atoms. The van der Waals surface area contributed by atoms with E-state index in [4.69, 9.17) is 0 Å². The zero-order valence-corrected chi connectivity index (χ0v) is 15.5. The van der Waals surface area contributed by atoms with E-state index in [-0.39, 0.29) is 17.8 Å². The van der Waals surface area contributed by atoms with Crippen LogP contribution in [0.25, 0.3) is 10.2 Å². The molecule has 0 radical (unpaired) electrons. The van der Waals surface area contributed by atoms with E-state index >= 15 is 0 Å². The summed E-state index contributed by atoms with van der Waals surface area (Å²) in [5.74, 6) is -1.74. The van der Waals surface area contributed by atoms with Gasteiger partial charge in [0.05, 0.1) is 11.1 Å². The second-order valence-corrected chi connectivity index (χ2v) is 7.70. The maximum atomic E-state index is 13.7. The van der Waals surface area contributed by atoms with Crippen LogP contribution >= 0.6 is 11.3 Å². The van der Waals surface area contributed by atoms with Crippen LogP contribution < -0.4 is 10.9 Å². The summed E-state index contributed by atoms with van der Waals surface area (Å²) in [6.07, 6.45) is 3.95. The molecular formula is C19H17F2N3O2S. The predicted molar refractivity (Wildman–Crippen MR) is 100 cm³/mol. The van der Waals surface area contributed by atoms with E-state index in [2.05, 4.69) is 10.3 Å². The molecule has 1 N–H and O–H groups in total. The van der Waals surface area contributed by atoms with Crippen molar-refractivity contribution in [3.8, 4) is 0 Å². The molecule has 0 unspecified atom stereocenters. The number of nitrogens with one attached hydrogen (secondary N) is 1. The minimum absolute atomic E-state index is 0.131. The summed E-state index contributed by atoms with van der Waals surface area (Å²) in [7, 11) is 0. The van der Waals surface area contributed by atoms with Gasteiger partial charge in [-0.1, -0.05) is 0 Å². The molecule has 27 heavy (non-hydrogen) atoms. The number of benzene rings is 1. The predicted octanol–water partition coefficient (Wildman–Crippen LogP) is 3.56. The van der Waals surface area contributed by atoms with E-state index in [1.807, 2.05) is 0 Å². The quantitative estimate of drug-likeness (QED) is 0.745. The first-order valence-corrected chi connectivity index (χ1v) is 9.52. The highest BCUT2D eigenvalue weighted by Gasteiger charge is 2.22. The number of thiophene rings is 1. The van der Waals surface area contributed by atoms with Gasteiger partial charge < -0.3 is 5.32 Å². The maximum absolute atomic E-state index is 13.7. The Bertz CT molecular complexity index is 1120. The number of carbonyl (C=O) groups excluding carboxylic acids is 1. The summed E-state index contributed by atoms with van der Waals surface area (Å²) in [5, 5.41) is 2.98. The van der Waals surface area contributed by atoms with Gasteiger partial charge in [0.1, 0.15) is 28.8 Å². The second-order valence-electron chi connectivity index (χ2n) is 6.61. The molecule has 3 aromatic rings. The van der Waals surface area contributed by atoms with Crippen LogP contribution in [0.5, 0.6) is 0 Å². The molecule has 2 aromatic heterocycles. The normalized spacial score (nSPS) is 13.6. The molecule has 1 aliphatic rings. The average Bonchev–Trinajstić information content (AvgIpc) is 2.99. The van der Waals surface area contributed by atoms with E-state index in [1.54, 1.807) is 18.3 Å². The number of aromatic nitrogens is 2. The van der Waals surface area contributed by atoms with E-state index < -0.39 is 17.5 Å². The van der Waals surface area contributed by atoms with Gasteiger partial charge >= 0.3 is 0 Å². The second kappa shape index (κ2) is 6.84. The number of fused-ring (bicyclic) bond motifs is 3. The van der Waals surface area contributed by atoms with Crippen molar-refractivity contribution in [2.45, 2.75) is 39.2 Å². The number of amides is 1. The van der Waals surface area contributed by atoms with Crippen LogP contribution in [-0.4, -0.2) is 15.5 Å². The Morgan fingerprint density at radius 2 is 2.07 bits per heavy atom. The highest BCUT2D eigenvalue weighted by Crippen LogP contribution is 2.33. The lowest BCUT2D eigenvalue weighted by Gasteiger charge is -2.12. The van der Waals surface area contributed by atoms with Crippen molar-refractivity contribution in [2.24, 2.45) is 0 Å². The van der Waals surface area contributed by atoms with Crippen molar-refractivity contribution in [3.05, 3.63) is 56.5 Å². The first-order chi connectivity index (χ1) is 12.9. The molecular weight excluding hydrogens is 372 g/mol. The molecule has 0 aliphatic heterocycles. The number of aryl methyl sites for hydroxylation is 3. The van der Waals surface area contributed by atoms with Gasteiger partial charge in [-0.25, -0.2) is 13.8 Å². The number of carbonyl (C=O) groups is 1. The van der Waals surface area contributed by atoms with E-state index in [0.717, 1.165) is 43.4 Å². The SMILES string of the molecule is Cc1nc2sc3c(c2c(=O)n1CC(=O)Nc1ccc(F)cc1F)CCCC3. The Hall–Kier alpha value is -2.61. The van der Waals surface area contributed by atoms with Crippen LogP contribution in [0.2, 0.25) is 0 Å². The lowest BCUT2D eigenvalue weighted by molar-refractivity contribution is -0.116. The number of anilines is 1. The summed E-state index contributed by atoms with van der Waals surface area (Å²) >= 11 is 1.55. The standard InChI is InChI=1S/C19H17F2N3O2S/c1-10-22-18-17(12-4-2-3-5-15(12)27-18)19(26)24(10)9-16(25)23-14-7-6-11(20)8-13(14)21/h6-8H,2-5,9H2,1H3,(H,23,25). The molecule has 0 saturated heterocycles. The fraction of sp³-hybridized carbons (Fsp3) is 0.316. The third-order valence-corrected chi connectivity index (χ3v) is 5.96. The molecule has 2 heterocycles. The number of nitrogens with zero attached hydrogens (tertiary/aromatic N) is 2. The number of hydrogen-bond acceptors (Lipinski definition) is 4. The third kappa shape index (κ3) is 3.25. The monoisotopic (exact) mass is 389 g/mol. The summed E-state index contributed by atoms with van der Waals surface area (Å²) in [6.45, 7) is 1.39. The van der Waals surface area contributed by atoms with Gasteiger partial charge in [0, 0.05) is 10.9 Å². The van der Waals surface area contributed by atoms with Gasteiger partial charge in [0.15, 0.2) is 0 Å². The average molecular weight is 389 g/mol. The Kier molecular flexibility index (Phi) is 4.51. The zero-order chi connectivity index (χ0) is 19.1. The summed E-state index contributed by atoms with van der Waals surface area (Å²) in [6, 6.07) is 2.90. The third-order valence-electron chi connectivity index (χ3n) is 4.77. The van der Waals surface area contributed by atoms with Crippen LogP contribution in [0.3, 0.4) is 0 Å². The highest BCUT2D eigenvalue weighted by molar-refractivity contribution is 7.18. The topological polar surface area (TPSA) is 64.0 Å². The van der Waals surface area contributed by atoms with E-state index in [0.29, 0.717) is 22.1 Å². The zero-order valence-electron chi connectivity index (χ0n) is 14.6. The maximum Gasteiger partial charge on any atom is 0.263 e. The highest BCUT2D eigenvalue weighted by atomic mass is 32.1. The van der Waals surface area contributed by atoms with Crippen molar-refractivity contribution < 1.29 is 13.6 Å². The molecule has 0 bridgehead atoms. The van der Waals surface area contributed by atoms with Crippen LogP contribution in [0, 0.1) is 18.6 Å². The van der Waals surface area contributed by atoms with Crippen LogP contribution in [0.1, 0.15) is 29.1 Å².